The summed E-state index contributed by atoms with van der Waals surface area (Å²) in [6.45, 7) is 3.55. The van der Waals surface area contributed by atoms with Crippen molar-refractivity contribution in [3.05, 3.63) is 0 Å². The molecule has 104 valence electrons. The first-order valence-electron chi connectivity index (χ1n) is 7.65. The Morgan fingerprint density at radius 2 is 1.83 bits per heavy atom. The van der Waals surface area contributed by atoms with E-state index in [2.05, 4.69) is 11.8 Å². The van der Waals surface area contributed by atoms with Crippen LogP contribution in [0.4, 0.5) is 0 Å². The number of aliphatic carboxylic acids is 1. The zero-order valence-electron chi connectivity index (χ0n) is 11.6. The van der Waals surface area contributed by atoms with E-state index in [0.717, 1.165) is 18.4 Å². The second-order valence-corrected chi connectivity index (χ2v) is 6.20. The minimum atomic E-state index is -0.660. The van der Waals surface area contributed by atoms with Crippen molar-refractivity contribution in [2.75, 3.05) is 13.1 Å². The molecule has 0 aromatic carbocycles. The van der Waals surface area contributed by atoms with Crippen LogP contribution >= 0.6 is 0 Å². The quantitative estimate of drug-likeness (QED) is 0.739. The summed E-state index contributed by atoms with van der Waals surface area (Å²) in [6, 6.07) is 0.526. The van der Waals surface area contributed by atoms with Crippen LogP contribution in [0.15, 0.2) is 0 Å². The van der Waals surface area contributed by atoms with E-state index in [-0.39, 0.29) is 6.54 Å². The molecule has 3 heteroatoms. The van der Waals surface area contributed by atoms with Crippen LogP contribution in [0.1, 0.15) is 58.3 Å². The maximum absolute atomic E-state index is 11.0. The number of hydrogen-bond donors (Lipinski definition) is 1. The van der Waals surface area contributed by atoms with Gasteiger partial charge in [-0.2, -0.15) is 0 Å². The first kappa shape index (κ1) is 13.9. The number of carbonyl (C=O) groups is 1. The minimum absolute atomic E-state index is 0.248. The number of carboxylic acids is 1. The third kappa shape index (κ3) is 4.27. The Balaban J connectivity index is 1.88. The highest BCUT2D eigenvalue weighted by Crippen LogP contribution is 2.33. The van der Waals surface area contributed by atoms with Gasteiger partial charge in [0.15, 0.2) is 0 Å². The summed E-state index contributed by atoms with van der Waals surface area (Å²) in [5, 5.41) is 9.07. The Hall–Kier alpha value is -0.570. The van der Waals surface area contributed by atoms with Gasteiger partial charge in [0, 0.05) is 12.6 Å². The molecule has 2 saturated carbocycles. The molecule has 2 atom stereocenters. The maximum atomic E-state index is 11.0. The second kappa shape index (κ2) is 6.55. The fourth-order valence-electron chi connectivity index (χ4n) is 3.28. The predicted octanol–water partition coefficient (Wildman–Crippen LogP) is 3.14. The molecule has 2 aliphatic carbocycles. The van der Waals surface area contributed by atoms with Gasteiger partial charge in [-0.3, -0.25) is 9.69 Å². The normalized spacial score (nSPS) is 29.2. The Bertz CT molecular complexity index is 276. The predicted molar refractivity (Wildman–Crippen MR) is 72.6 cm³/mol. The van der Waals surface area contributed by atoms with Crippen LogP contribution in [0.2, 0.25) is 0 Å². The van der Waals surface area contributed by atoms with Gasteiger partial charge in [0.25, 0.3) is 0 Å². The van der Waals surface area contributed by atoms with Crippen molar-refractivity contribution < 1.29 is 9.90 Å². The van der Waals surface area contributed by atoms with Crippen LogP contribution in [0.3, 0.4) is 0 Å². The number of carboxylic acid groups (broad SMARTS) is 1. The average molecular weight is 253 g/mol. The molecule has 0 bridgehead atoms. The van der Waals surface area contributed by atoms with E-state index in [4.69, 9.17) is 5.11 Å². The highest BCUT2D eigenvalue weighted by atomic mass is 16.4. The molecular formula is C15H27NO2. The van der Waals surface area contributed by atoms with Gasteiger partial charge in [0.1, 0.15) is 0 Å². The lowest BCUT2D eigenvalue weighted by molar-refractivity contribution is -0.139. The Kier molecular flexibility index (Phi) is 5.04. The number of nitrogens with zero attached hydrogens (tertiary/aromatic N) is 1. The highest BCUT2D eigenvalue weighted by Gasteiger charge is 2.30. The van der Waals surface area contributed by atoms with Crippen molar-refractivity contribution in [1.82, 2.24) is 4.90 Å². The molecule has 0 spiro atoms. The molecule has 2 aliphatic rings. The van der Waals surface area contributed by atoms with Gasteiger partial charge >= 0.3 is 5.97 Å². The first-order chi connectivity index (χ1) is 8.69. The van der Waals surface area contributed by atoms with E-state index in [9.17, 15) is 4.79 Å². The zero-order valence-corrected chi connectivity index (χ0v) is 11.6. The molecule has 2 rings (SSSR count). The Labute approximate surface area is 111 Å². The van der Waals surface area contributed by atoms with Crippen molar-refractivity contribution in [2.45, 2.75) is 64.3 Å². The lowest BCUT2D eigenvalue weighted by Crippen LogP contribution is -2.40. The molecule has 1 N–H and O–H groups in total. The molecule has 0 aliphatic heterocycles. The lowest BCUT2D eigenvalue weighted by Gasteiger charge is -2.29. The Morgan fingerprint density at radius 1 is 1.11 bits per heavy atom. The topological polar surface area (TPSA) is 40.5 Å². The lowest BCUT2D eigenvalue weighted by atomic mass is 9.97. The molecule has 3 nitrogen and oxygen atoms in total. The molecule has 18 heavy (non-hydrogen) atoms. The van der Waals surface area contributed by atoms with E-state index in [1.54, 1.807) is 0 Å². The van der Waals surface area contributed by atoms with Gasteiger partial charge in [0.05, 0.1) is 6.54 Å². The zero-order chi connectivity index (χ0) is 13.0. The van der Waals surface area contributed by atoms with E-state index in [0.29, 0.717) is 6.04 Å². The molecule has 0 aromatic rings. The monoisotopic (exact) mass is 253 g/mol. The van der Waals surface area contributed by atoms with Crippen LogP contribution in [0, 0.1) is 11.8 Å². The van der Waals surface area contributed by atoms with E-state index in [1.165, 1.54) is 51.4 Å². The molecule has 2 unspecified atom stereocenters. The standard InChI is InChI=1S/C15H27NO2/c1-2-12-4-3-5-14(9-8-12)16(11-15(17)18)10-13-6-7-13/h12-14H,2-11H2,1H3,(H,17,18). The van der Waals surface area contributed by atoms with Crippen LogP contribution in [-0.4, -0.2) is 35.1 Å². The third-order valence-electron chi connectivity index (χ3n) is 4.68. The molecule has 0 heterocycles. The first-order valence-corrected chi connectivity index (χ1v) is 7.65. The van der Waals surface area contributed by atoms with Crippen molar-refractivity contribution >= 4 is 5.97 Å². The fourth-order valence-corrected chi connectivity index (χ4v) is 3.28. The van der Waals surface area contributed by atoms with Gasteiger partial charge in [-0.05, 0) is 43.9 Å². The maximum Gasteiger partial charge on any atom is 0.317 e. The van der Waals surface area contributed by atoms with Crippen LogP contribution in [0.25, 0.3) is 0 Å². The smallest absolute Gasteiger partial charge is 0.317 e. The van der Waals surface area contributed by atoms with Gasteiger partial charge in [0.2, 0.25) is 0 Å². The van der Waals surface area contributed by atoms with Crippen molar-refractivity contribution in [3.63, 3.8) is 0 Å². The molecule has 0 saturated heterocycles. The molecule has 0 aromatic heterocycles. The highest BCUT2D eigenvalue weighted by molar-refractivity contribution is 5.69. The third-order valence-corrected chi connectivity index (χ3v) is 4.68. The van der Waals surface area contributed by atoms with E-state index < -0.39 is 5.97 Å². The Morgan fingerprint density at radius 3 is 2.44 bits per heavy atom. The molecule has 0 amide bonds. The largest absolute Gasteiger partial charge is 0.480 e. The van der Waals surface area contributed by atoms with E-state index >= 15 is 0 Å². The van der Waals surface area contributed by atoms with Crippen LogP contribution in [-0.2, 0) is 4.79 Å². The van der Waals surface area contributed by atoms with Gasteiger partial charge in [-0.15, -0.1) is 0 Å². The van der Waals surface area contributed by atoms with Gasteiger partial charge < -0.3 is 5.11 Å². The summed E-state index contributed by atoms with van der Waals surface area (Å²) >= 11 is 0. The van der Waals surface area contributed by atoms with Crippen LogP contribution in [0.5, 0.6) is 0 Å². The average Bonchev–Trinajstić information content (AvgIpc) is 3.13. The molecule has 2 fully saturated rings. The molecule has 0 radical (unpaired) electrons. The van der Waals surface area contributed by atoms with Crippen molar-refractivity contribution in [1.29, 1.82) is 0 Å². The summed E-state index contributed by atoms with van der Waals surface area (Å²) in [5.41, 5.74) is 0. The summed E-state index contributed by atoms with van der Waals surface area (Å²) < 4.78 is 0. The van der Waals surface area contributed by atoms with Crippen molar-refractivity contribution in [3.8, 4) is 0 Å². The minimum Gasteiger partial charge on any atom is -0.480 e. The number of rotatable bonds is 6. The van der Waals surface area contributed by atoms with Crippen LogP contribution < -0.4 is 0 Å². The molecular weight excluding hydrogens is 226 g/mol. The summed E-state index contributed by atoms with van der Waals surface area (Å²) in [6.07, 6.45) is 10.2. The SMILES string of the molecule is CCC1CCCC(N(CC(=O)O)CC2CC2)CC1. The number of hydrogen-bond acceptors (Lipinski definition) is 2. The van der Waals surface area contributed by atoms with Crippen molar-refractivity contribution in [2.24, 2.45) is 11.8 Å². The summed E-state index contributed by atoms with van der Waals surface area (Å²) in [4.78, 5) is 13.3. The van der Waals surface area contributed by atoms with E-state index in [1.807, 2.05) is 0 Å². The summed E-state index contributed by atoms with van der Waals surface area (Å²) in [7, 11) is 0. The van der Waals surface area contributed by atoms with Gasteiger partial charge in [-0.25, -0.2) is 0 Å². The van der Waals surface area contributed by atoms with Gasteiger partial charge in [-0.1, -0.05) is 26.2 Å². The summed E-state index contributed by atoms with van der Waals surface area (Å²) in [5.74, 6) is 1.00. The second-order valence-electron chi connectivity index (χ2n) is 6.20. The fraction of sp³-hybridized carbons (Fsp3) is 0.933.